The van der Waals surface area contributed by atoms with Crippen LogP contribution in [-0.4, -0.2) is 55.2 Å². The molecule has 0 saturated carbocycles. The standard InChI is InChI=1S/C18H23N3O4S3/c1-12-4-5-15(10-16(12)28(23,24)21-6-8-25-9-7-21)20-17(22)14(3)27-18-19-13(2)11-26-18/h4-5,10-11,14H,6-9H2,1-3H3,(H,20,22). The minimum absolute atomic E-state index is 0.198. The first-order chi connectivity index (χ1) is 13.3. The highest BCUT2D eigenvalue weighted by atomic mass is 32.2. The Labute approximate surface area is 173 Å². The van der Waals surface area contributed by atoms with Gasteiger partial charge in [0.05, 0.1) is 23.4 Å². The third-order valence-electron chi connectivity index (χ3n) is 4.29. The van der Waals surface area contributed by atoms with Crippen molar-refractivity contribution in [2.45, 2.75) is 35.3 Å². The second-order valence-electron chi connectivity index (χ2n) is 6.50. The van der Waals surface area contributed by atoms with Crippen LogP contribution in [0.2, 0.25) is 0 Å². The lowest BCUT2D eigenvalue weighted by molar-refractivity contribution is -0.115. The van der Waals surface area contributed by atoms with Gasteiger partial charge in [0.1, 0.15) is 0 Å². The summed E-state index contributed by atoms with van der Waals surface area (Å²) in [4.78, 5) is 17.1. The molecule has 1 saturated heterocycles. The van der Waals surface area contributed by atoms with E-state index in [1.165, 1.54) is 33.5 Å². The number of benzene rings is 1. The summed E-state index contributed by atoms with van der Waals surface area (Å²) >= 11 is 2.88. The molecule has 1 N–H and O–H groups in total. The SMILES string of the molecule is Cc1csc(SC(C)C(=O)Nc2ccc(C)c(S(=O)(=O)N3CCOCC3)c2)n1. The molecule has 1 amide bonds. The predicted octanol–water partition coefficient (Wildman–Crippen LogP) is 2.90. The molecule has 1 aliphatic rings. The van der Waals surface area contributed by atoms with Crippen molar-refractivity contribution >= 4 is 44.7 Å². The number of hydrogen-bond donors (Lipinski definition) is 1. The van der Waals surface area contributed by atoms with Crippen LogP contribution in [0.4, 0.5) is 5.69 Å². The summed E-state index contributed by atoms with van der Waals surface area (Å²) in [5.74, 6) is -0.198. The highest BCUT2D eigenvalue weighted by molar-refractivity contribution is 8.02. The molecule has 1 aromatic carbocycles. The lowest BCUT2D eigenvalue weighted by atomic mass is 10.2. The van der Waals surface area contributed by atoms with Gasteiger partial charge in [0.2, 0.25) is 15.9 Å². The fourth-order valence-electron chi connectivity index (χ4n) is 2.72. The number of hydrogen-bond acceptors (Lipinski definition) is 7. The van der Waals surface area contributed by atoms with Gasteiger partial charge >= 0.3 is 0 Å². The monoisotopic (exact) mass is 441 g/mol. The van der Waals surface area contributed by atoms with E-state index in [1.54, 1.807) is 26.0 Å². The van der Waals surface area contributed by atoms with Gasteiger partial charge in [0.15, 0.2) is 4.34 Å². The molecule has 1 fully saturated rings. The van der Waals surface area contributed by atoms with Crippen molar-refractivity contribution in [3.05, 3.63) is 34.8 Å². The molecule has 1 atom stereocenters. The number of nitrogens with zero attached hydrogens (tertiary/aromatic N) is 2. The molecule has 28 heavy (non-hydrogen) atoms. The van der Waals surface area contributed by atoms with Crippen LogP contribution in [0.15, 0.2) is 32.8 Å². The lowest BCUT2D eigenvalue weighted by Crippen LogP contribution is -2.40. The topological polar surface area (TPSA) is 88.6 Å². The first-order valence-electron chi connectivity index (χ1n) is 8.85. The number of amides is 1. The second-order valence-corrected chi connectivity index (χ2v) is 10.9. The number of aromatic nitrogens is 1. The lowest BCUT2D eigenvalue weighted by Gasteiger charge is -2.27. The molecule has 152 valence electrons. The zero-order valence-corrected chi connectivity index (χ0v) is 18.4. The van der Waals surface area contributed by atoms with E-state index in [0.29, 0.717) is 37.6 Å². The highest BCUT2D eigenvalue weighted by Crippen LogP contribution is 2.28. The third-order valence-corrected chi connectivity index (χ3v) is 8.52. The molecule has 3 rings (SSSR count). The van der Waals surface area contributed by atoms with E-state index in [9.17, 15) is 13.2 Å². The molecule has 0 spiro atoms. The summed E-state index contributed by atoms with van der Waals surface area (Å²) in [6.07, 6.45) is 0. The van der Waals surface area contributed by atoms with Crippen molar-refractivity contribution in [1.29, 1.82) is 0 Å². The Hall–Kier alpha value is -1.46. The Morgan fingerprint density at radius 1 is 1.32 bits per heavy atom. The zero-order valence-electron chi connectivity index (χ0n) is 16.0. The van der Waals surface area contributed by atoms with Crippen molar-refractivity contribution < 1.29 is 17.9 Å². The van der Waals surface area contributed by atoms with E-state index in [0.717, 1.165) is 10.0 Å². The van der Waals surface area contributed by atoms with Crippen LogP contribution in [0.1, 0.15) is 18.2 Å². The number of carbonyl (C=O) groups is 1. The summed E-state index contributed by atoms with van der Waals surface area (Å²) in [5.41, 5.74) is 2.03. The van der Waals surface area contributed by atoms with Crippen LogP contribution in [0, 0.1) is 13.8 Å². The van der Waals surface area contributed by atoms with Gasteiger partial charge in [-0.2, -0.15) is 4.31 Å². The number of thioether (sulfide) groups is 1. The van der Waals surface area contributed by atoms with E-state index < -0.39 is 10.0 Å². The van der Waals surface area contributed by atoms with Gasteiger partial charge in [-0.1, -0.05) is 17.8 Å². The largest absolute Gasteiger partial charge is 0.379 e. The van der Waals surface area contributed by atoms with Crippen LogP contribution in [0.3, 0.4) is 0 Å². The first kappa shape index (κ1) is 21.3. The number of anilines is 1. The Kier molecular flexibility index (Phi) is 6.77. The van der Waals surface area contributed by atoms with Crippen LogP contribution in [0.25, 0.3) is 0 Å². The Bertz CT molecular complexity index is 953. The molecule has 0 aliphatic carbocycles. The third kappa shape index (κ3) is 4.93. The maximum Gasteiger partial charge on any atom is 0.243 e. The summed E-state index contributed by atoms with van der Waals surface area (Å²) in [6, 6.07) is 4.96. The smallest absolute Gasteiger partial charge is 0.243 e. The fourth-order valence-corrected chi connectivity index (χ4v) is 6.36. The van der Waals surface area contributed by atoms with E-state index in [1.807, 2.05) is 12.3 Å². The molecule has 10 heteroatoms. The summed E-state index contributed by atoms with van der Waals surface area (Å²) in [7, 11) is -3.63. The molecule has 2 aromatic rings. The number of carbonyl (C=O) groups excluding carboxylic acids is 1. The summed E-state index contributed by atoms with van der Waals surface area (Å²) in [5, 5.41) is 4.41. The van der Waals surface area contributed by atoms with Gasteiger partial charge in [-0.25, -0.2) is 13.4 Å². The number of sulfonamides is 1. The van der Waals surface area contributed by atoms with Gasteiger partial charge in [0, 0.05) is 29.9 Å². The van der Waals surface area contributed by atoms with E-state index in [4.69, 9.17) is 4.74 Å². The molecule has 7 nitrogen and oxygen atoms in total. The van der Waals surface area contributed by atoms with Crippen molar-refractivity contribution in [2.75, 3.05) is 31.6 Å². The normalized spacial score (nSPS) is 16.7. The molecule has 2 heterocycles. The number of ether oxygens (including phenoxy) is 1. The molecule has 0 radical (unpaired) electrons. The van der Waals surface area contributed by atoms with E-state index >= 15 is 0 Å². The Morgan fingerprint density at radius 3 is 2.68 bits per heavy atom. The van der Waals surface area contributed by atoms with Crippen molar-refractivity contribution in [3.63, 3.8) is 0 Å². The van der Waals surface area contributed by atoms with Crippen molar-refractivity contribution in [3.8, 4) is 0 Å². The molecule has 1 unspecified atom stereocenters. The van der Waals surface area contributed by atoms with Crippen LogP contribution < -0.4 is 5.32 Å². The average Bonchev–Trinajstić information content (AvgIpc) is 3.08. The number of thiazole rings is 1. The van der Waals surface area contributed by atoms with Gasteiger partial charge in [-0.05, 0) is 38.5 Å². The van der Waals surface area contributed by atoms with E-state index in [-0.39, 0.29) is 16.1 Å². The summed E-state index contributed by atoms with van der Waals surface area (Å²) < 4.78 is 33.4. The number of rotatable bonds is 6. The predicted molar refractivity (Wildman–Crippen MR) is 112 cm³/mol. The second kappa shape index (κ2) is 8.91. The van der Waals surface area contributed by atoms with Crippen LogP contribution >= 0.6 is 23.1 Å². The van der Waals surface area contributed by atoms with Crippen LogP contribution in [0.5, 0.6) is 0 Å². The van der Waals surface area contributed by atoms with Crippen molar-refractivity contribution in [1.82, 2.24) is 9.29 Å². The molecular weight excluding hydrogens is 418 g/mol. The molecular formula is C18H23N3O4S3. The molecule has 1 aromatic heterocycles. The Balaban J connectivity index is 1.74. The number of morpholine rings is 1. The minimum Gasteiger partial charge on any atom is -0.379 e. The zero-order chi connectivity index (χ0) is 20.3. The Morgan fingerprint density at radius 2 is 2.04 bits per heavy atom. The fraction of sp³-hybridized carbons (Fsp3) is 0.444. The van der Waals surface area contributed by atoms with Crippen molar-refractivity contribution in [2.24, 2.45) is 0 Å². The number of nitrogens with one attached hydrogen (secondary N) is 1. The molecule has 1 aliphatic heterocycles. The molecule has 0 bridgehead atoms. The van der Waals surface area contributed by atoms with Gasteiger partial charge in [0.25, 0.3) is 0 Å². The average molecular weight is 442 g/mol. The maximum absolute atomic E-state index is 13.0. The van der Waals surface area contributed by atoms with Gasteiger partial charge < -0.3 is 10.1 Å². The van der Waals surface area contributed by atoms with Gasteiger partial charge in [-0.3, -0.25) is 4.79 Å². The van der Waals surface area contributed by atoms with Crippen LogP contribution in [-0.2, 0) is 19.6 Å². The van der Waals surface area contributed by atoms with Gasteiger partial charge in [-0.15, -0.1) is 11.3 Å². The highest BCUT2D eigenvalue weighted by Gasteiger charge is 2.28. The minimum atomic E-state index is -3.63. The first-order valence-corrected chi connectivity index (χ1v) is 12.1. The van der Waals surface area contributed by atoms with E-state index in [2.05, 4.69) is 10.3 Å². The maximum atomic E-state index is 13.0. The summed E-state index contributed by atoms with van der Waals surface area (Å²) in [6.45, 7) is 6.91. The quantitative estimate of drug-likeness (QED) is 0.694. The number of aryl methyl sites for hydroxylation is 2.